The molecule has 1 aliphatic heterocycles. The third-order valence-corrected chi connectivity index (χ3v) is 5.84. The second-order valence-electron chi connectivity index (χ2n) is 8.55. The van der Waals surface area contributed by atoms with Crippen molar-refractivity contribution >= 4 is 28.4 Å². The number of benzene rings is 1. The Morgan fingerprint density at radius 3 is 2.57 bits per heavy atom. The summed E-state index contributed by atoms with van der Waals surface area (Å²) in [6.07, 6.45) is 1.89. The molecule has 0 aliphatic carbocycles. The third kappa shape index (κ3) is 4.80. The van der Waals surface area contributed by atoms with Crippen LogP contribution in [0.2, 0.25) is 0 Å². The number of aromatic amines is 2. The molecule has 0 spiro atoms. The molecule has 9 nitrogen and oxygen atoms in total. The van der Waals surface area contributed by atoms with E-state index in [1.165, 1.54) is 6.07 Å². The molecule has 3 aromatic heterocycles. The molecule has 0 atom stereocenters. The maximum absolute atomic E-state index is 15.1. The van der Waals surface area contributed by atoms with Crippen molar-refractivity contribution in [3.63, 3.8) is 0 Å². The van der Waals surface area contributed by atoms with Gasteiger partial charge < -0.3 is 19.9 Å². The molecule has 1 saturated heterocycles. The Balaban J connectivity index is 1.48. The molecule has 35 heavy (non-hydrogen) atoms. The standard InChI is InChI=1S/C24H26F2N8O/c1-4-5-33-6-8-34(9-7-33)21-13-19(28-20-11-15(3)31-32-20)29-24(30-21)35-18-12-17(25)23-16(22(18)26)10-14(2)27-23/h4,10-13,27H,1,5-9H2,2-3H3,(H2,28,29,30,31,32). The summed E-state index contributed by atoms with van der Waals surface area (Å²) >= 11 is 0. The van der Waals surface area contributed by atoms with Crippen molar-refractivity contribution in [2.75, 3.05) is 42.9 Å². The van der Waals surface area contributed by atoms with Gasteiger partial charge in [-0.1, -0.05) is 6.08 Å². The number of hydrogen-bond donors (Lipinski definition) is 3. The van der Waals surface area contributed by atoms with Crippen LogP contribution in [0.3, 0.4) is 0 Å². The fourth-order valence-electron chi connectivity index (χ4n) is 4.15. The van der Waals surface area contributed by atoms with Crippen LogP contribution < -0.4 is 15.0 Å². The summed E-state index contributed by atoms with van der Waals surface area (Å²) in [5, 5.41) is 10.3. The number of aromatic nitrogens is 5. The van der Waals surface area contributed by atoms with Gasteiger partial charge in [-0.15, -0.1) is 6.58 Å². The van der Waals surface area contributed by atoms with Crippen LogP contribution in [0.1, 0.15) is 11.4 Å². The lowest BCUT2D eigenvalue weighted by Gasteiger charge is -2.34. The molecule has 0 bridgehead atoms. The highest BCUT2D eigenvalue weighted by atomic mass is 19.1. The van der Waals surface area contributed by atoms with E-state index < -0.39 is 11.6 Å². The molecule has 5 rings (SSSR count). The summed E-state index contributed by atoms with van der Waals surface area (Å²) in [5.74, 6) is 0.00496. The van der Waals surface area contributed by atoms with Crippen LogP contribution >= 0.6 is 0 Å². The lowest BCUT2D eigenvalue weighted by molar-refractivity contribution is 0.283. The zero-order chi connectivity index (χ0) is 24.5. The minimum Gasteiger partial charge on any atom is -0.421 e. The predicted molar refractivity (Wildman–Crippen MR) is 131 cm³/mol. The molecule has 0 saturated carbocycles. The fraction of sp³-hybridized carbons (Fsp3) is 0.292. The molecule has 1 fully saturated rings. The van der Waals surface area contributed by atoms with E-state index in [0.29, 0.717) is 23.1 Å². The van der Waals surface area contributed by atoms with Crippen molar-refractivity contribution in [2.24, 2.45) is 0 Å². The Hall–Kier alpha value is -3.99. The van der Waals surface area contributed by atoms with Crippen LogP contribution in [0.15, 0.2) is 36.9 Å². The zero-order valence-electron chi connectivity index (χ0n) is 19.5. The van der Waals surface area contributed by atoms with E-state index in [9.17, 15) is 4.39 Å². The van der Waals surface area contributed by atoms with E-state index in [2.05, 4.69) is 46.8 Å². The van der Waals surface area contributed by atoms with E-state index in [0.717, 1.165) is 44.5 Å². The van der Waals surface area contributed by atoms with Gasteiger partial charge in [-0.2, -0.15) is 15.1 Å². The van der Waals surface area contributed by atoms with Crippen LogP contribution in [-0.2, 0) is 0 Å². The fourth-order valence-corrected chi connectivity index (χ4v) is 4.15. The van der Waals surface area contributed by atoms with Gasteiger partial charge in [-0.05, 0) is 19.9 Å². The summed E-state index contributed by atoms with van der Waals surface area (Å²) in [7, 11) is 0. The Bertz CT molecular complexity index is 1370. The number of nitrogens with one attached hydrogen (secondary N) is 3. The summed E-state index contributed by atoms with van der Waals surface area (Å²) in [6.45, 7) is 11.4. The van der Waals surface area contributed by atoms with Crippen molar-refractivity contribution in [1.29, 1.82) is 0 Å². The average Bonchev–Trinajstić information content (AvgIpc) is 3.43. The van der Waals surface area contributed by atoms with Crippen LogP contribution in [0.5, 0.6) is 11.8 Å². The molecule has 1 aromatic carbocycles. The minimum absolute atomic E-state index is 0.0932. The third-order valence-electron chi connectivity index (χ3n) is 5.84. The first kappa shape index (κ1) is 22.8. The van der Waals surface area contributed by atoms with Crippen LogP contribution in [0, 0.1) is 25.5 Å². The van der Waals surface area contributed by atoms with Crippen molar-refractivity contribution in [1.82, 2.24) is 30.0 Å². The minimum atomic E-state index is -0.685. The highest BCUT2D eigenvalue weighted by Gasteiger charge is 2.21. The van der Waals surface area contributed by atoms with Crippen molar-refractivity contribution in [3.05, 3.63) is 59.9 Å². The summed E-state index contributed by atoms with van der Waals surface area (Å²) in [4.78, 5) is 16.1. The van der Waals surface area contributed by atoms with Gasteiger partial charge in [0, 0.05) is 67.7 Å². The van der Waals surface area contributed by atoms with Crippen LogP contribution in [0.25, 0.3) is 10.9 Å². The molecular formula is C24H26F2N8O. The molecule has 4 aromatic rings. The van der Waals surface area contributed by atoms with Gasteiger partial charge in [0.25, 0.3) is 0 Å². The summed E-state index contributed by atoms with van der Waals surface area (Å²) < 4.78 is 35.5. The van der Waals surface area contributed by atoms with E-state index in [1.54, 1.807) is 13.0 Å². The SMILES string of the molecule is C=CCN1CCN(c2cc(Nc3cc(C)[nH]n3)nc(Oc3cc(F)c4[nH]c(C)cc4c3F)n2)CC1. The maximum atomic E-state index is 15.1. The Kier molecular flexibility index (Phi) is 6.08. The average molecular weight is 481 g/mol. The molecule has 3 N–H and O–H groups in total. The normalized spacial score (nSPS) is 14.5. The number of H-pyrrole nitrogens is 2. The molecule has 4 heterocycles. The molecule has 1 aliphatic rings. The van der Waals surface area contributed by atoms with Crippen LogP contribution in [-0.4, -0.2) is 62.8 Å². The van der Waals surface area contributed by atoms with Crippen molar-refractivity contribution < 1.29 is 13.5 Å². The first-order valence-corrected chi connectivity index (χ1v) is 11.3. The lowest BCUT2D eigenvalue weighted by Crippen LogP contribution is -2.46. The molecule has 182 valence electrons. The highest BCUT2D eigenvalue weighted by molar-refractivity contribution is 5.83. The van der Waals surface area contributed by atoms with Gasteiger partial charge in [-0.25, -0.2) is 8.78 Å². The van der Waals surface area contributed by atoms with Crippen molar-refractivity contribution in [3.8, 4) is 11.8 Å². The quantitative estimate of drug-likeness (QED) is 0.337. The second kappa shape index (κ2) is 9.34. The van der Waals surface area contributed by atoms with Crippen LogP contribution in [0.4, 0.5) is 26.2 Å². The molecule has 0 radical (unpaired) electrons. The van der Waals surface area contributed by atoms with E-state index in [-0.39, 0.29) is 22.7 Å². The number of nitrogens with zero attached hydrogens (tertiary/aromatic N) is 5. The van der Waals surface area contributed by atoms with Crippen molar-refractivity contribution in [2.45, 2.75) is 13.8 Å². The number of anilines is 3. The van der Waals surface area contributed by atoms with Gasteiger partial charge in [0.1, 0.15) is 11.6 Å². The molecule has 0 amide bonds. The predicted octanol–water partition coefficient (Wildman–Crippen LogP) is 4.42. The van der Waals surface area contributed by atoms with Gasteiger partial charge in [0.15, 0.2) is 23.2 Å². The number of halogens is 2. The van der Waals surface area contributed by atoms with Gasteiger partial charge in [0.2, 0.25) is 0 Å². The first-order chi connectivity index (χ1) is 16.9. The smallest absolute Gasteiger partial charge is 0.326 e. The van der Waals surface area contributed by atoms with E-state index >= 15 is 4.39 Å². The van der Waals surface area contributed by atoms with E-state index in [4.69, 9.17) is 4.74 Å². The number of fused-ring (bicyclic) bond motifs is 1. The zero-order valence-corrected chi connectivity index (χ0v) is 19.5. The topological polar surface area (TPSA) is 98.0 Å². The Morgan fingerprint density at radius 2 is 1.86 bits per heavy atom. The number of hydrogen-bond acceptors (Lipinski definition) is 7. The molecular weight excluding hydrogens is 454 g/mol. The van der Waals surface area contributed by atoms with Gasteiger partial charge in [-0.3, -0.25) is 10.00 Å². The number of piperazine rings is 1. The first-order valence-electron chi connectivity index (χ1n) is 11.3. The largest absolute Gasteiger partial charge is 0.421 e. The highest BCUT2D eigenvalue weighted by Crippen LogP contribution is 2.33. The second-order valence-corrected chi connectivity index (χ2v) is 8.55. The lowest BCUT2D eigenvalue weighted by atomic mass is 10.2. The molecule has 0 unspecified atom stereocenters. The molecule has 11 heteroatoms. The number of aryl methyl sites for hydroxylation is 2. The summed E-state index contributed by atoms with van der Waals surface area (Å²) in [5.41, 5.74) is 1.62. The summed E-state index contributed by atoms with van der Waals surface area (Å²) in [6, 6.07) is 6.05. The van der Waals surface area contributed by atoms with E-state index in [1.807, 2.05) is 19.1 Å². The number of rotatable bonds is 7. The monoisotopic (exact) mass is 480 g/mol. The Morgan fingerprint density at radius 1 is 1.06 bits per heavy atom. The number of ether oxygens (including phenoxy) is 1. The van der Waals surface area contributed by atoms with Gasteiger partial charge in [0.05, 0.1) is 5.52 Å². The van der Waals surface area contributed by atoms with Gasteiger partial charge >= 0.3 is 6.01 Å². The Labute approximate surface area is 200 Å². The maximum Gasteiger partial charge on any atom is 0.326 e.